The molecule has 5 aromatic rings. The summed E-state index contributed by atoms with van der Waals surface area (Å²) in [6, 6.07) is 33.5. The highest BCUT2D eigenvalue weighted by atomic mass is 16.7. The number of anilines is 1. The molecule has 5 aromatic carbocycles. The van der Waals surface area contributed by atoms with E-state index in [1.807, 2.05) is 83.8 Å². The van der Waals surface area contributed by atoms with Crippen LogP contribution in [0.2, 0.25) is 0 Å². The van der Waals surface area contributed by atoms with Gasteiger partial charge in [-0.05, 0) is 70.3 Å². The van der Waals surface area contributed by atoms with Crippen LogP contribution in [0.3, 0.4) is 0 Å². The van der Waals surface area contributed by atoms with Gasteiger partial charge in [-0.15, -0.1) is 0 Å². The molecular weight excluding hydrogens is 801 g/mol. The molecule has 10 rings (SSSR count). The van der Waals surface area contributed by atoms with Gasteiger partial charge in [-0.1, -0.05) is 90.7 Å². The van der Waals surface area contributed by atoms with Crippen LogP contribution < -0.4 is 25.8 Å². The molecule has 3 saturated heterocycles. The van der Waals surface area contributed by atoms with Crippen molar-refractivity contribution < 1.29 is 38.5 Å². The Kier molecular flexibility index (Phi) is 10.2. The quantitative estimate of drug-likeness (QED) is 0.132. The lowest BCUT2D eigenvalue weighted by molar-refractivity contribution is -0.179. The number of nitrogens with zero attached hydrogens (tertiary/aromatic N) is 3. The Morgan fingerprint density at radius 1 is 0.810 bits per heavy atom. The molecule has 14 nitrogen and oxygen atoms in total. The summed E-state index contributed by atoms with van der Waals surface area (Å²) < 4.78 is 17.7. The maximum atomic E-state index is 15.8. The second-order valence-corrected chi connectivity index (χ2v) is 16.4. The number of carbonyl (C=O) groups is 4. The fourth-order valence-corrected chi connectivity index (χ4v) is 10.2. The number of amides is 4. The zero-order chi connectivity index (χ0) is 43.2. The Morgan fingerprint density at radius 3 is 2.25 bits per heavy atom. The molecule has 4 amide bonds. The van der Waals surface area contributed by atoms with Crippen molar-refractivity contribution in [2.45, 2.75) is 36.2 Å². The number of phenolic OH excluding ortho intramolecular Hbond substituents is 1. The minimum atomic E-state index is -1.71. The zero-order valence-corrected chi connectivity index (χ0v) is 34.1. The molecule has 0 aromatic heterocycles. The van der Waals surface area contributed by atoms with Crippen LogP contribution in [-0.2, 0) is 31.1 Å². The summed E-state index contributed by atoms with van der Waals surface area (Å²) >= 11 is 0. The summed E-state index contributed by atoms with van der Waals surface area (Å²) in [4.78, 5) is 64.0. The topological polar surface area (TPSA) is 176 Å². The zero-order valence-electron chi connectivity index (χ0n) is 34.1. The molecule has 5 aliphatic heterocycles. The number of benzene rings is 5. The van der Waals surface area contributed by atoms with Crippen LogP contribution in [0.1, 0.15) is 51.6 Å². The molecule has 63 heavy (non-hydrogen) atoms. The molecule has 0 unspecified atom stereocenters. The van der Waals surface area contributed by atoms with Crippen LogP contribution in [0.4, 0.5) is 10.5 Å². The lowest BCUT2D eigenvalue weighted by Gasteiger charge is -2.46. The highest BCUT2D eigenvalue weighted by Crippen LogP contribution is 2.65. The number of urea groups is 1. The number of rotatable bonds is 7. The van der Waals surface area contributed by atoms with Gasteiger partial charge in [0, 0.05) is 44.0 Å². The van der Waals surface area contributed by atoms with Crippen molar-refractivity contribution in [3.05, 3.63) is 155 Å². The van der Waals surface area contributed by atoms with Crippen LogP contribution in [0, 0.1) is 17.8 Å². The smallest absolute Gasteiger partial charge is 0.324 e. The van der Waals surface area contributed by atoms with E-state index in [1.165, 1.54) is 0 Å². The maximum Gasteiger partial charge on any atom is 0.324 e. The third-order valence-corrected chi connectivity index (χ3v) is 12.9. The van der Waals surface area contributed by atoms with Crippen molar-refractivity contribution in [3.8, 4) is 29.1 Å². The number of ether oxygens (including phenoxy) is 3. The second kappa shape index (κ2) is 16.2. The van der Waals surface area contributed by atoms with Gasteiger partial charge in [-0.3, -0.25) is 24.2 Å². The first-order chi connectivity index (χ1) is 30.7. The number of hydrogen-bond acceptors (Lipinski definition) is 10. The van der Waals surface area contributed by atoms with Gasteiger partial charge in [0.25, 0.3) is 0 Å². The highest BCUT2D eigenvalue weighted by Gasteiger charge is 2.74. The fourth-order valence-electron chi connectivity index (χ4n) is 10.2. The van der Waals surface area contributed by atoms with Gasteiger partial charge in [0.15, 0.2) is 11.5 Å². The number of esters is 1. The van der Waals surface area contributed by atoms with E-state index in [9.17, 15) is 9.90 Å². The first-order valence-corrected chi connectivity index (χ1v) is 21.0. The Bertz CT molecular complexity index is 2660. The summed E-state index contributed by atoms with van der Waals surface area (Å²) in [5, 5.41) is 16.2. The molecule has 5 aliphatic rings. The fraction of sp³-hybridized carbons (Fsp3) is 0.265. The van der Waals surface area contributed by atoms with Crippen molar-refractivity contribution in [1.29, 1.82) is 0 Å². The summed E-state index contributed by atoms with van der Waals surface area (Å²) in [5.74, 6) is 4.75. The highest BCUT2D eigenvalue weighted by molar-refractivity contribution is 6.12. The van der Waals surface area contributed by atoms with Gasteiger partial charge in [0.1, 0.15) is 23.3 Å². The monoisotopic (exact) mass is 844 g/mol. The molecule has 1 spiro atoms. The summed E-state index contributed by atoms with van der Waals surface area (Å²) in [6.45, 7) is 2.61. The third-order valence-electron chi connectivity index (χ3n) is 12.9. The number of nitrogens with two attached hydrogens (primary N) is 1. The Labute approximate surface area is 363 Å². The SMILES string of the molecule is NC(=O)NCC#Cc1ccc2c(c1)[C@]1(C(=O)N2)[C@H](c2ccc(O)cc2)N2[C@H](c3ccccc3)[C@H](c3ccccc3)OC(=O)[C@H]2[C@@H]1C(=O)N1CCN(Cc2ccc3c(c2)OCO3)CC1. The number of cyclic esters (lactones) is 1. The standard InChI is InChI=1S/C49H44N6O8/c50-48(60)51-21-7-8-30-13-19-37-36(26-30)49(47(59)52-37)40(45(57)54-24-22-53(23-25-54)28-31-14-20-38-39(27-31)62-29-61-38)42-46(58)63-43(33-11-5-2-6-12-33)41(32-9-3-1-4-10-32)55(42)44(49)34-15-17-35(56)18-16-34/h1-6,9-20,26-27,40-44,56H,21-25,28-29H2,(H,52,59)(H3,50,51,60)/t40-,41-,42-,43+,44+,49-/m1/s1. The lowest BCUT2D eigenvalue weighted by Crippen LogP contribution is -2.58. The largest absolute Gasteiger partial charge is 0.508 e. The van der Waals surface area contributed by atoms with Crippen molar-refractivity contribution in [2.24, 2.45) is 11.7 Å². The van der Waals surface area contributed by atoms with E-state index in [-0.39, 0.29) is 25.0 Å². The van der Waals surface area contributed by atoms with E-state index in [0.29, 0.717) is 66.6 Å². The summed E-state index contributed by atoms with van der Waals surface area (Å²) in [5.41, 5.74) is 8.34. The molecule has 3 fully saturated rings. The lowest BCUT2D eigenvalue weighted by atomic mass is 9.65. The summed E-state index contributed by atoms with van der Waals surface area (Å²) in [6.07, 6.45) is -0.818. The normalized spacial score (nSPS) is 24.8. The number of morpholine rings is 1. The van der Waals surface area contributed by atoms with Gasteiger partial charge in [-0.2, -0.15) is 0 Å². The average Bonchev–Trinajstić information content (AvgIpc) is 3.98. The van der Waals surface area contributed by atoms with Crippen LogP contribution in [0.15, 0.2) is 121 Å². The minimum Gasteiger partial charge on any atom is -0.508 e. The van der Waals surface area contributed by atoms with Crippen LogP contribution in [-0.4, -0.2) is 89.2 Å². The Hall–Kier alpha value is -7.34. The van der Waals surface area contributed by atoms with Crippen LogP contribution in [0.5, 0.6) is 17.2 Å². The Balaban J connectivity index is 1.12. The van der Waals surface area contributed by atoms with Crippen molar-refractivity contribution >= 4 is 29.5 Å². The van der Waals surface area contributed by atoms with Crippen molar-refractivity contribution in [2.75, 3.05) is 44.8 Å². The number of phenols is 1. The molecule has 0 saturated carbocycles. The van der Waals surface area contributed by atoms with E-state index in [2.05, 4.69) is 27.4 Å². The molecule has 0 bridgehead atoms. The molecule has 14 heteroatoms. The maximum absolute atomic E-state index is 15.8. The number of aromatic hydroxyl groups is 1. The molecular formula is C49H44N6O8. The number of hydrogen-bond donors (Lipinski definition) is 4. The molecule has 6 atom stereocenters. The summed E-state index contributed by atoms with van der Waals surface area (Å²) in [7, 11) is 0. The van der Waals surface area contributed by atoms with E-state index in [4.69, 9.17) is 19.9 Å². The van der Waals surface area contributed by atoms with Gasteiger partial charge in [0.05, 0.1) is 24.5 Å². The second-order valence-electron chi connectivity index (χ2n) is 16.4. The number of fused-ring (bicyclic) bond motifs is 4. The number of piperazine rings is 1. The van der Waals surface area contributed by atoms with Crippen LogP contribution >= 0.6 is 0 Å². The van der Waals surface area contributed by atoms with E-state index >= 15 is 14.4 Å². The predicted octanol–water partition coefficient (Wildman–Crippen LogP) is 4.76. The number of primary amides is 1. The van der Waals surface area contributed by atoms with Gasteiger partial charge < -0.3 is 40.6 Å². The minimum absolute atomic E-state index is 0.00600. The van der Waals surface area contributed by atoms with Crippen molar-refractivity contribution in [1.82, 2.24) is 20.0 Å². The number of carbonyl (C=O) groups excluding carboxylic acids is 4. The molecule has 0 aliphatic carbocycles. The molecule has 0 radical (unpaired) electrons. The average molecular weight is 845 g/mol. The van der Waals surface area contributed by atoms with Gasteiger partial charge in [-0.25, -0.2) is 4.79 Å². The first kappa shape index (κ1) is 39.8. The van der Waals surface area contributed by atoms with E-state index in [0.717, 1.165) is 16.7 Å². The third kappa shape index (κ3) is 6.95. The van der Waals surface area contributed by atoms with Crippen LogP contribution in [0.25, 0.3) is 0 Å². The predicted molar refractivity (Wildman–Crippen MR) is 230 cm³/mol. The van der Waals surface area contributed by atoms with Crippen molar-refractivity contribution in [3.63, 3.8) is 0 Å². The number of nitrogens with one attached hydrogen (secondary N) is 2. The Morgan fingerprint density at radius 2 is 1.52 bits per heavy atom. The molecule has 5 N–H and O–H groups in total. The van der Waals surface area contributed by atoms with E-state index in [1.54, 1.807) is 47.4 Å². The molecule has 318 valence electrons. The van der Waals surface area contributed by atoms with Gasteiger partial charge in [0.2, 0.25) is 18.6 Å². The molecule has 5 heterocycles. The first-order valence-electron chi connectivity index (χ1n) is 21.0. The van der Waals surface area contributed by atoms with E-state index < -0.39 is 53.5 Å². The van der Waals surface area contributed by atoms with Gasteiger partial charge >= 0.3 is 12.0 Å².